The van der Waals surface area contributed by atoms with E-state index in [-0.39, 0.29) is 0 Å². The summed E-state index contributed by atoms with van der Waals surface area (Å²) in [4.78, 5) is 11.8. The monoisotopic (exact) mass is 261 g/mol. The molecule has 0 saturated heterocycles. The third kappa shape index (κ3) is 4.41. The zero-order valence-corrected chi connectivity index (χ0v) is 10.8. The van der Waals surface area contributed by atoms with Crippen LogP contribution in [-0.4, -0.2) is 23.4 Å². The molecule has 2 rings (SSSR count). The lowest BCUT2D eigenvalue weighted by atomic mass is 10.0. The van der Waals surface area contributed by atoms with Crippen LogP contribution in [0.2, 0.25) is 0 Å². The molecule has 2 N–H and O–H groups in total. The van der Waals surface area contributed by atoms with E-state index in [0.29, 0.717) is 18.5 Å². The van der Waals surface area contributed by atoms with Crippen molar-refractivity contribution in [2.75, 3.05) is 5.32 Å². The zero-order valence-electron chi connectivity index (χ0n) is 10.8. The van der Waals surface area contributed by atoms with E-state index < -0.39 is 18.3 Å². The molecule has 4 heteroatoms. The van der Waals surface area contributed by atoms with Gasteiger partial charge in [-0.1, -0.05) is 30.4 Å². The number of anilines is 1. The molecule has 0 spiro atoms. The molecule has 0 unspecified atom stereocenters. The molecule has 0 radical (unpaired) electrons. The molecule has 2 atom stereocenters. The molecule has 1 aliphatic carbocycles. The molecule has 0 bridgehead atoms. The topological polar surface area (TPSA) is 58.6 Å². The minimum Gasteiger partial charge on any atom is -0.443 e. The Morgan fingerprint density at radius 1 is 1.16 bits per heavy atom. The summed E-state index contributed by atoms with van der Waals surface area (Å²) in [5.41, 5.74) is 0.688. The first-order valence-electron chi connectivity index (χ1n) is 6.61. The number of ether oxygens (including phenoxy) is 1. The molecule has 1 amide bonds. The van der Waals surface area contributed by atoms with Gasteiger partial charge in [-0.05, 0) is 37.8 Å². The molecular formula is C15H19NO3. The molecule has 0 saturated carbocycles. The largest absolute Gasteiger partial charge is 0.443 e. The number of hydrogen-bond acceptors (Lipinski definition) is 3. The van der Waals surface area contributed by atoms with Crippen molar-refractivity contribution in [2.45, 2.75) is 37.9 Å². The maximum atomic E-state index is 11.8. The van der Waals surface area contributed by atoms with Gasteiger partial charge in [0, 0.05) is 5.69 Å². The van der Waals surface area contributed by atoms with E-state index >= 15 is 0 Å². The first-order valence-corrected chi connectivity index (χ1v) is 6.61. The van der Waals surface area contributed by atoms with Crippen molar-refractivity contribution in [3.63, 3.8) is 0 Å². The van der Waals surface area contributed by atoms with Gasteiger partial charge in [-0.25, -0.2) is 4.79 Å². The Labute approximate surface area is 113 Å². The van der Waals surface area contributed by atoms with Crippen LogP contribution >= 0.6 is 0 Å². The number of benzene rings is 1. The van der Waals surface area contributed by atoms with Crippen LogP contribution < -0.4 is 5.32 Å². The van der Waals surface area contributed by atoms with Gasteiger partial charge in [-0.15, -0.1) is 0 Å². The Hall–Kier alpha value is -1.81. The highest BCUT2D eigenvalue weighted by molar-refractivity contribution is 5.84. The van der Waals surface area contributed by atoms with Gasteiger partial charge in [0.15, 0.2) is 0 Å². The van der Waals surface area contributed by atoms with E-state index in [2.05, 4.69) is 17.5 Å². The van der Waals surface area contributed by atoms with Gasteiger partial charge in [0.1, 0.15) is 6.10 Å². The third-order valence-corrected chi connectivity index (χ3v) is 3.12. The van der Waals surface area contributed by atoms with Crippen molar-refractivity contribution < 1.29 is 14.6 Å². The fourth-order valence-electron chi connectivity index (χ4n) is 2.09. The Morgan fingerprint density at radius 3 is 2.58 bits per heavy atom. The Bertz CT molecular complexity index is 430. The van der Waals surface area contributed by atoms with Crippen LogP contribution in [0.25, 0.3) is 0 Å². The van der Waals surface area contributed by atoms with Crippen LogP contribution in [0.5, 0.6) is 0 Å². The lowest BCUT2D eigenvalue weighted by molar-refractivity contribution is -0.0000359. The van der Waals surface area contributed by atoms with E-state index in [1.54, 1.807) is 12.1 Å². The highest BCUT2D eigenvalue weighted by Gasteiger charge is 2.23. The van der Waals surface area contributed by atoms with Gasteiger partial charge in [-0.2, -0.15) is 0 Å². The number of para-hydroxylation sites is 1. The van der Waals surface area contributed by atoms with E-state index in [0.717, 1.165) is 12.8 Å². The van der Waals surface area contributed by atoms with Gasteiger partial charge in [0.2, 0.25) is 0 Å². The van der Waals surface area contributed by atoms with E-state index in [1.807, 2.05) is 18.2 Å². The SMILES string of the molecule is O=C(Nc1ccccc1)O[C@H]1CC/C=C\CC[C@H]1O. The summed E-state index contributed by atoms with van der Waals surface area (Å²) in [6.45, 7) is 0. The highest BCUT2D eigenvalue weighted by Crippen LogP contribution is 2.17. The quantitative estimate of drug-likeness (QED) is 0.804. The Kier molecular flexibility index (Phi) is 4.98. The standard InChI is InChI=1S/C15H19NO3/c17-13-10-6-1-2-7-11-14(13)19-15(18)16-12-8-4-3-5-9-12/h1-5,8-9,13-14,17H,6-7,10-11H2,(H,16,18)/b2-1-/t13-,14+/m1/s1. The lowest BCUT2D eigenvalue weighted by Crippen LogP contribution is -2.33. The van der Waals surface area contributed by atoms with Crippen molar-refractivity contribution in [1.82, 2.24) is 0 Å². The van der Waals surface area contributed by atoms with Crippen LogP contribution in [0.1, 0.15) is 25.7 Å². The molecular weight excluding hydrogens is 242 g/mol. The molecule has 1 aromatic rings. The fraction of sp³-hybridized carbons (Fsp3) is 0.400. The molecule has 0 aliphatic heterocycles. The number of aliphatic hydroxyl groups is 1. The van der Waals surface area contributed by atoms with E-state index in [4.69, 9.17) is 4.74 Å². The normalized spacial score (nSPS) is 24.9. The Morgan fingerprint density at radius 2 is 1.84 bits per heavy atom. The van der Waals surface area contributed by atoms with Gasteiger partial charge < -0.3 is 9.84 Å². The molecule has 0 aromatic heterocycles. The Balaban J connectivity index is 1.88. The van der Waals surface area contributed by atoms with E-state index in [9.17, 15) is 9.90 Å². The number of nitrogens with one attached hydrogen (secondary N) is 1. The zero-order chi connectivity index (χ0) is 13.5. The van der Waals surface area contributed by atoms with Crippen molar-refractivity contribution in [3.05, 3.63) is 42.5 Å². The van der Waals surface area contributed by atoms with Gasteiger partial charge in [0.25, 0.3) is 0 Å². The van der Waals surface area contributed by atoms with Crippen molar-refractivity contribution in [2.24, 2.45) is 0 Å². The number of allylic oxidation sites excluding steroid dienone is 2. The van der Waals surface area contributed by atoms with Crippen LogP contribution in [0, 0.1) is 0 Å². The average Bonchev–Trinajstić information content (AvgIpc) is 2.40. The molecule has 0 heterocycles. The van der Waals surface area contributed by atoms with Crippen LogP contribution in [0.15, 0.2) is 42.5 Å². The molecule has 1 aromatic carbocycles. The molecule has 4 nitrogen and oxygen atoms in total. The predicted molar refractivity (Wildman–Crippen MR) is 73.9 cm³/mol. The summed E-state index contributed by atoms with van der Waals surface area (Å²) in [5.74, 6) is 0. The summed E-state index contributed by atoms with van der Waals surface area (Å²) >= 11 is 0. The summed E-state index contributed by atoms with van der Waals surface area (Å²) in [6.07, 6.45) is 5.50. The van der Waals surface area contributed by atoms with Crippen molar-refractivity contribution in [1.29, 1.82) is 0 Å². The second-order valence-electron chi connectivity index (χ2n) is 4.63. The van der Waals surface area contributed by atoms with Crippen molar-refractivity contribution >= 4 is 11.8 Å². The second-order valence-corrected chi connectivity index (χ2v) is 4.63. The van der Waals surface area contributed by atoms with Gasteiger partial charge >= 0.3 is 6.09 Å². The number of hydrogen-bond donors (Lipinski definition) is 2. The minimum absolute atomic E-state index is 0.436. The van der Waals surface area contributed by atoms with Crippen LogP contribution in [0.3, 0.4) is 0 Å². The van der Waals surface area contributed by atoms with E-state index in [1.165, 1.54) is 0 Å². The minimum atomic E-state index is -0.591. The summed E-state index contributed by atoms with van der Waals surface area (Å²) in [6, 6.07) is 9.13. The second kappa shape index (κ2) is 6.95. The fourth-order valence-corrected chi connectivity index (χ4v) is 2.09. The summed E-state index contributed by atoms with van der Waals surface area (Å²) < 4.78 is 5.31. The average molecular weight is 261 g/mol. The molecule has 102 valence electrons. The summed E-state index contributed by atoms with van der Waals surface area (Å²) in [5, 5.41) is 12.6. The molecule has 1 aliphatic rings. The smallest absolute Gasteiger partial charge is 0.411 e. The third-order valence-electron chi connectivity index (χ3n) is 3.12. The maximum absolute atomic E-state index is 11.8. The molecule has 19 heavy (non-hydrogen) atoms. The summed E-state index contributed by atoms with van der Waals surface area (Å²) in [7, 11) is 0. The van der Waals surface area contributed by atoms with Crippen LogP contribution in [0.4, 0.5) is 10.5 Å². The first kappa shape index (κ1) is 13.6. The van der Waals surface area contributed by atoms with Crippen LogP contribution in [-0.2, 0) is 4.74 Å². The lowest BCUT2D eigenvalue weighted by Gasteiger charge is -2.23. The number of carbonyl (C=O) groups is 1. The number of aliphatic hydroxyl groups excluding tert-OH is 1. The molecule has 0 fully saturated rings. The first-order chi connectivity index (χ1) is 9.25. The van der Waals surface area contributed by atoms with Gasteiger partial charge in [-0.3, -0.25) is 5.32 Å². The number of carbonyl (C=O) groups excluding carboxylic acids is 1. The maximum Gasteiger partial charge on any atom is 0.411 e. The number of amides is 1. The van der Waals surface area contributed by atoms with Gasteiger partial charge in [0.05, 0.1) is 6.10 Å². The predicted octanol–water partition coefficient (Wildman–Crippen LogP) is 3.09. The van der Waals surface area contributed by atoms with Crippen molar-refractivity contribution in [3.8, 4) is 0 Å². The highest BCUT2D eigenvalue weighted by atomic mass is 16.6. The number of rotatable bonds is 2.